The fourth-order valence-corrected chi connectivity index (χ4v) is 2.91. The van der Waals surface area contributed by atoms with Crippen LogP contribution in [0, 0.1) is 11.8 Å². The van der Waals surface area contributed by atoms with Crippen molar-refractivity contribution in [2.24, 2.45) is 0 Å². The van der Waals surface area contributed by atoms with Gasteiger partial charge < -0.3 is 20.7 Å². The van der Waals surface area contributed by atoms with Crippen LogP contribution in [0.1, 0.15) is 34.3 Å². The molecule has 0 saturated heterocycles. The van der Waals surface area contributed by atoms with E-state index in [2.05, 4.69) is 27.8 Å². The van der Waals surface area contributed by atoms with E-state index in [0.717, 1.165) is 24.0 Å². The molecule has 2 aromatic rings. The second kappa shape index (κ2) is 12.2. The van der Waals surface area contributed by atoms with Gasteiger partial charge in [-0.1, -0.05) is 42.2 Å². The van der Waals surface area contributed by atoms with Crippen molar-refractivity contribution in [1.82, 2.24) is 16.0 Å². The first-order valence-corrected chi connectivity index (χ1v) is 10.8. The average Bonchev–Trinajstić information content (AvgIpc) is 3.68. The second-order valence-electron chi connectivity index (χ2n) is 7.60. The Bertz CT molecular complexity index is 1050. The van der Waals surface area contributed by atoms with E-state index in [-0.39, 0.29) is 19.0 Å². The van der Waals surface area contributed by atoms with E-state index < -0.39 is 17.9 Å². The van der Waals surface area contributed by atoms with E-state index in [9.17, 15) is 14.4 Å². The molecule has 0 aromatic heterocycles. The summed E-state index contributed by atoms with van der Waals surface area (Å²) in [7, 11) is 1.23. The van der Waals surface area contributed by atoms with Crippen molar-refractivity contribution in [3.8, 4) is 11.8 Å². The fourth-order valence-electron chi connectivity index (χ4n) is 2.91. The zero-order valence-corrected chi connectivity index (χ0v) is 18.5. The predicted molar refractivity (Wildman–Crippen MR) is 126 cm³/mol. The number of allylic oxidation sites excluding steroid dienone is 1. The Morgan fingerprint density at radius 3 is 2.48 bits per heavy atom. The maximum absolute atomic E-state index is 12.6. The van der Waals surface area contributed by atoms with Crippen molar-refractivity contribution in [2.45, 2.75) is 24.9 Å². The predicted octanol–water partition coefficient (Wildman–Crippen LogP) is 1.89. The molecule has 1 aliphatic rings. The molecule has 7 heteroatoms. The zero-order chi connectivity index (χ0) is 23.5. The van der Waals surface area contributed by atoms with Crippen LogP contribution in [0.25, 0.3) is 6.08 Å². The Morgan fingerprint density at radius 1 is 1.09 bits per heavy atom. The molecule has 170 valence electrons. The van der Waals surface area contributed by atoms with Gasteiger partial charge in [-0.15, -0.1) is 0 Å². The largest absolute Gasteiger partial charge is 0.467 e. The van der Waals surface area contributed by atoms with E-state index in [4.69, 9.17) is 4.74 Å². The molecule has 3 N–H and O–H groups in total. The van der Waals surface area contributed by atoms with Crippen molar-refractivity contribution in [3.05, 3.63) is 77.4 Å². The van der Waals surface area contributed by atoms with Gasteiger partial charge in [0.2, 0.25) is 5.91 Å². The van der Waals surface area contributed by atoms with Gasteiger partial charge in [0.15, 0.2) is 0 Å². The summed E-state index contributed by atoms with van der Waals surface area (Å²) in [5.41, 5.74) is 2.19. The molecule has 1 atom stereocenters. The number of ether oxygens (including phenoxy) is 1. The van der Waals surface area contributed by atoms with Crippen LogP contribution in [-0.4, -0.2) is 50.1 Å². The Balaban J connectivity index is 1.52. The van der Waals surface area contributed by atoms with Crippen LogP contribution in [0.3, 0.4) is 0 Å². The molecule has 2 aromatic carbocycles. The molecular formula is C26H27N3O4. The van der Waals surface area contributed by atoms with Gasteiger partial charge in [0, 0.05) is 23.7 Å². The summed E-state index contributed by atoms with van der Waals surface area (Å²) in [5.74, 6) is 4.66. The smallest absolute Gasteiger partial charge is 0.330 e. The molecule has 0 bridgehead atoms. The van der Waals surface area contributed by atoms with Crippen LogP contribution in [0.5, 0.6) is 0 Å². The number of methoxy groups -OCH3 is 1. The van der Waals surface area contributed by atoms with Crippen LogP contribution < -0.4 is 16.0 Å². The molecule has 7 nitrogen and oxygen atoms in total. The highest BCUT2D eigenvalue weighted by atomic mass is 16.5. The third-order valence-corrected chi connectivity index (χ3v) is 4.95. The summed E-state index contributed by atoms with van der Waals surface area (Å²) in [6.07, 6.45) is 5.83. The number of carbonyl (C=O) groups excluding carboxylic acids is 3. The van der Waals surface area contributed by atoms with Crippen molar-refractivity contribution in [1.29, 1.82) is 0 Å². The number of hydrogen-bond acceptors (Lipinski definition) is 5. The summed E-state index contributed by atoms with van der Waals surface area (Å²) in [6, 6.07) is 16.0. The van der Waals surface area contributed by atoms with Crippen LogP contribution in [-0.2, 0) is 14.3 Å². The molecule has 2 amide bonds. The van der Waals surface area contributed by atoms with Gasteiger partial charge in [0.1, 0.15) is 6.04 Å². The molecule has 1 fully saturated rings. The summed E-state index contributed by atoms with van der Waals surface area (Å²) >= 11 is 0. The minimum absolute atomic E-state index is 0.0547. The molecule has 0 radical (unpaired) electrons. The Labute approximate surface area is 193 Å². The third kappa shape index (κ3) is 8.28. The van der Waals surface area contributed by atoms with E-state index in [1.807, 2.05) is 36.4 Å². The first-order chi connectivity index (χ1) is 16.0. The van der Waals surface area contributed by atoms with Gasteiger partial charge in [-0.25, -0.2) is 4.79 Å². The first kappa shape index (κ1) is 23.8. The summed E-state index contributed by atoms with van der Waals surface area (Å²) in [6.45, 7) is 0.121. The van der Waals surface area contributed by atoms with Crippen LogP contribution in [0.2, 0.25) is 0 Å². The molecule has 1 aliphatic carbocycles. The van der Waals surface area contributed by atoms with Gasteiger partial charge in [-0.2, -0.15) is 0 Å². The van der Waals surface area contributed by atoms with Crippen LogP contribution >= 0.6 is 0 Å². The minimum Gasteiger partial charge on any atom is -0.467 e. The molecule has 33 heavy (non-hydrogen) atoms. The van der Waals surface area contributed by atoms with Gasteiger partial charge in [-0.3, -0.25) is 9.59 Å². The lowest BCUT2D eigenvalue weighted by molar-refractivity contribution is -0.142. The lowest BCUT2D eigenvalue weighted by Crippen LogP contribution is -2.50. The van der Waals surface area contributed by atoms with E-state index in [1.165, 1.54) is 7.11 Å². The SMILES string of the molecule is COC(=O)[C@H](CNC(=O)CNC1CC1)NC(=O)c1ccc(C#CC=Cc2ccccc2)cc1. The quantitative estimate of drug-likeness (QED) is 0.405. The average molecular weight is 446 g/mol. The Hall–Kier alpha value is -3.89. The van der Waals surface area contributed by atoms with Gasteiger partial charge in [0.25, 0.3) is 5.91 Å². The highest BCUT2D eigenvalue weighted by Gasteiger charge is 2.24. The molecular weight excluding hydrogens is 418 g/mol. The zero-order valence-electron chi connectivity index (χ0n) is 18.5. The van der Waals surface area contributed by atoms with Crippen LogP contribution in [0.4, 0.5) is 0 Å². The first-order valence-electron chi connectivity index (χ1n) is 10.8. The number of carbonyl (C=O) groups is 3. The Kier molecular flexibility index (Phi) is 8.80. The van der Waals surface area contributed by atoms with Gasteiger partial charge in [-0.05, 0) is 54.8 Å². The van der Waals surface area contributed by atoms with E-state index in [0.29, 0.717) is 11.6 Å². The third-order valence-electron chi connectivity index (χ3n) is 4.95. The summed E-state index contributed by atoms with van der Waals surface area (Å²) in [4.78, 5) is 36.5. The Morgan fingerprint density at radius 2 is 1.82 bits per heavy atom. The lowest BCUT2D eigenvalue weighted by atomic mass is 10.1. The van der Waals surface area contributed by atoms with Crippen molar-refractivity contribution < 1.29 is 19.1 Å². The molecule has 0 heterocycles. The van der Waals surface area contributed by atoms with Crippen molar-refractivity contribution in [2.75, 3.05) is 20.2 Å². The molecule has 1 saturated carbocycles. The number of esters is 1. The number of nitrogens with one attached hydrogen (secondary N) is 3. The molecule has 0 unspecified atom stereocenters. The summed E-state index contributed by atoms with van der Waals surface area (Å²) in [5, 5.41) is 8.35. The topological polar surface area (TPSA) is 96.5 Å². The lowest BCUT2D eigenvalue weighted by Gasteiger charge is -2.17. The maximum atomic E-state index is 12.6. The highest BCUT2D eigenvalue weighted by molar-refractivity contribution is 5.97. The van der Waals surface area contributed by atoms with E-state index >= 15 is 0 Å². The fraction of sp³-hybridized carbons (Fsp3) is 0.269. The maximum Gasteiger partial charge on any atom is 0.330 e. The molecule has 3 rings (SSSR count). The van der Waals surface area contributed by atoms with Crippen molar-refractivity contribution in [3.63, 3.8) is 0 Å². The molecule has 0 spiro atoms. The molecule has 0 aliphatic heterocycles. The number of rotatable bonds is 9. The van der Waals surface area contributed by atoms with Gasteiger partial charge in [0.05, 0.1) is 13.7 Å². The number of amides is 2. The number of hydrogen-bond donors (Lipinski definition) is 3. The second-order valence-corrected chi connectivity index (χ2v) is 7.60. The highest BCUT2D eigenvalue weighted by Crippen LogP contribution is 2.17. The van der Waals surface area contributed by atoms with Crippen LogP contribution in [0.15, 0.2) is 60.7 Å². The monoisotopic (exact) mass is 445 g/mol. The standard InChI is InChI=1S/C26H27N3O4/c1-33-26(32)23(17-28-24(30)18-27-22-15-16-22)29-25(31)21-13-11-20(12-14-21)10-6-5-9-19-7-3-2-4-8-19/h2-5,7-9,11-14,22-23,27H,15-18H2,1H3,(H,28,30)(H,29,31)/t23-/m0/s1. The minimum atomic E-state index is -0.991. The van der Waals surface area contributed by atoms with E-state index in [1.54, 1.807) is 30.3 Å². The normalized spacial score (nSPS) is 13.5. The van der Waals surface area contributed by atoms with Crippen molar-refractivity contribution >= 4 is 23.9 Å². The van der Waals surface area contributed by atoms with Gasteiger partial charge >= 0.3 is 5.97 Å². The summed E-state index contributed by atoms with van der Waals surface area (Å²) < 4.78 is 4.75. The number of benzene rings is 2.